The molecule has 3 atom stereocenters. The summed E-state index contributed by atoms with van der Waals surface area (Å²) in [7, 11) is 0. The lowest BCUT2D eigenvalue weighted by Crippen LogP contribution is -2.50. The van der Waals surface area contributed by atoms with Gasteiger partial charge in [-0.25, -0.2) is 0 Å². The molecule has 0 radical (unpaired) electrons. The van der Waals surface area contributed by atoms with Gasteiger partial charge in [-0.05, 0) is 48.9 Å². The average Bonchev–Trinajstić information content (AvgIpc) is 2.95. The first-order chi connectivity index (χ1) is 11.3. The number of benzene rings is 1. The molecule has 4 nitrogen and oxygen atoms in total. The molecule has 1 aromatic heterocycles. The van der Waals surface area contributed by atoms with Crippen molar-refractivity contribution in [3.8, 4) is 0 Å². The summed E-state index contributed by atoms with van der Waals surface area (Å²) < 4.78 is 0. The zero-order valence-electron chi connectivity index (χ0n) is 13.6. The minimum absolute atomic E-state index is 0.263. The van der Waals surface area contributed by atoms with Crippen LogP contribution in [0.5, 0.6) is 0 Å². The minimum Gasteiger partial charge on any atom is -0.396 e. The van der Waals surface area contributed by atoms with Crippen LogP contribution in [0.25, 0.3) is 10.9 Å². The summed E-state index contributed by atoms with van der Waals surface area (Å²) in [6, 6.07) is 6.81. The number of aromatic nitrogens is 1. The van der Waals surface area contributed by atoms with E-state index in [1.54, 1.807) is 0 Å². The molecule has 2 N–H and O–H groups in total. The van der Waals surface area contributed by atoms with E-state index < -0.39 is 0 Å². The van der Waals surface area contributed by atoms with E-state index in [1.807, 2.05) is 0 Å². The zero-order chi connectivity index (χ0) is 16.0. The number of nitrogens with one attached hydrogen (secondary N) is 1. The van der Waals surface area contributed by atoms with E-state index in [1.165, 1.54) is 16.5 Å². The number of carbonyl (C=O) groups excluding carboxylic acids is 1. The van der Waals surface area contributed by atoms with Crippen LogP contribution in [0, 0.1) is 5.92 Å². The number of fused-ring (bicyclic) bond motifs is 2. The predicted molar refractivity (Wildman–Crippen MR) is 91.0 cm³/mol. The quantitative estimate of drug-likeness (QED) is 0.854. The Balaban J connectivity index is 1.85. The number of likely N-dealkylation sites (tertiary alicyclic amines) is 1. The predicted octanol–water partition coefficient (Wildman–Crippen LogP) is 2.71. The van der Waals surface area contributed by atoms with Crippen LogP contribution in [0.3, 0.4) is 0 Å². The van der Waals surface area contributed by atoms with Gasteiger partial charge in [0, 0.05) is 36.0 Å². The van der Waals surface area contributed by atoms with Crippen LogP contribution in [-0.4, -0.2) is 47.0 Å². The molecule has 4 heteroatoms. The van der Waals surface area contributed by atoms with Gasteiger partial charge in [-0.15, -0.1) is 0 Å². The highest BCUT2D eigenvalue weighted by atomic mass is 16.3. The van der Waals surface area contributed by atoms with Crippen molar-refractivity contribution in [3.63, 3.8) is 0 Å². The molecular weight excluding hydrogens is 288 g/mol. The molecule has 1 saturated heterocycles. The van der Waals surface area contributed by atoms with Gasteiger partial charge in [0.25, 0.3) is 0 Å². The second-order valence-corrected chi connectivity index (χ2v) is 7.06. The average molecular weight is 312 g/mol. The number of piperidine rings is 1. The van der Waals surface area contributed by atoms with Crippen molar-refractivity contribution in [1.82, 2.24) is 9.88 Å². The van der Waals surface area contributed by atoms with Crippen LogP contribution >= 0.6 is 0 Å². The number of hydrogen-bond acceptors (Lipinski definition) is 3. The molecule has 2 aromatic rings. The lowest BCUT2D eigenvalue weighted by Gasteiger charge is -2.47. The molecule has 1 aliphatic carbocycles. The van der Waals surface area contributed by atoms with Crippen molar-refractivity contribution >= 4 is 17.2 Å². The Morgan fingerprint density at radius 2 is 2.30 bits per heavy atom. The van der Waals surface area contributed by atoms with E-state index in [9.17, 15) is 9.90 Å². The van der Waals surface area contributed by atoms with Gasteiger partial charge in [0.15, 0.2) is 6.29 Å². The lowest BCUT2D eigenvalue weighted by atomic mass is 9.72. The Labute approximate surface area is 136 Å². The second-order valence-electron chi connectivity index (χ2n) is 7.06. The number of nitrogens with zero attached hydrogens (tertiary/aromatic N) is 1. The van der Waals surface area contributed by atoms with Gasteiger partial charge < -0.3 is 10.1 Å². The second kappa shape index (κ2) is 5.77. The number of aldehydes is 1. The monoisotopic (exact) mass is 312 g/mol. The van der Waals surface area contributed by atoms with Gasteiger partial charge in [-0.1, -0.05) is 19.1 Å². The summed E-state index contributed by atoms with van der Waals surface area (Å²) in [6.45, 7) is 4.50. The highest BCUT2D eigenvalue weighted by molar-refractivity contribution is 5.95. The molecule has 0 bridgehead atoms. The molecule has 1 unspecified atom stereocenters. The fraction of sp³-hybridized carbons (Fsp3) is 0.526. The van der Waals surface area contributed by atoms with Crippen molar-refractivity contribution in [3.05, 3.63) is 35.0 Å². The molecule has 122 valence electrons. The number of carbonyl (C=O) groups is 1. The Morgan fingerprint density at radius 1 is 1.43 bits per heavy atom. The number of rotatable bonds is 4. The molecule has 2 aliphatic rings. The lowest BCUT2D eigenvalue weighted by molar-refractivity contribution is 0.0571. The molecule has 4 rings (SSSR count). The van der Waals surface area contributed by atoms with Crippen molar-refractivity contribution in [2.24, 2.45) is 5.92 Å². The number of H-pyrrole nitrogens is 1. The summed E-state index contributed by atoms with van der Waals surface area (Å²) in [5, 5.41) is 11.0. The highest BCUT2D eigenvalue weighted by Crippen LogP contribution is 2.45. The van der Waals surface area contributed by atoms with Crippen LogP contribution in [0.4, 0.5) is 0 Å². The maximum atomic E-state index is 11.5. The molecule has 23 heavy (non-hydrogen) atoms. The molecule has 0 spiro atoms. The molecular formula is C19H24N2O2. The molecule has 1 aromatic carbocycles. The SMILES string of the molecule is CCCN1C[C@H](CO)CC2c3cccc4[nH]c(C=O)c(c34)C[C@H]21. The first-order valence-corrected chi connectivity index (χ1v) is 8.70. The fourth-order valence-corrected chi connectivity index (χ4v) is 4.79. The van der Waals surface area contributed by atoms with E-state index >= 15 is 0 Å². The number of hydrogen-bond donors (Lipinski definition) is 2. The van der Waals surface area contributed by atoms with E-state index in [-0.39, 0.29) is 6.61 Å². The molecule has 0 saturated carbocycles. The number of aliphatic hydroxyl groups excluding tert-OH is 1. The van der Waals surface area contributed by atoms with E-state index in [0.29, 0.717) is 17.9 Å². The molecule has 0 amide bonds. The Hall–Kier alpha value is -1.65. The van der Waals surface area contributed by atoms with Crippen LogP contribution in [-0.2, 0) is 6.42 Å². The molecule has 1 aliphatic heterocycles. The zero-order valence-corrected chi connectivity index (χ0v) is 13.6. The van der Waals surface area contributed by atoms with Gasteiger partial charge in [-0.2, -0.15) is 0 Å². The van der Waals surface area contributed by atoms with Crippen LogP contribution in [0.1, 0.15) is 47.3 Å². The van der Waals surface area contributed by atoms with E-state index in [2.05, 4.69) is 35.0 Å². The first kappa shape index (κ1) is 14.9. The van der Waals surface area contributed by atoms with Crippen LogP contribution < -0.4 is 0 Å². The third kappa shape index (κ3) is 2.24. The molecule has 1 fully saturated rings. The van der Waals surface area contributed by atoms with Crippen molar-refractivity contribution in [1.29, 1.82) is 0 Å². The van der Waals surface area contributed by atoms with Crippen LogP contribution in [0.15, 0.2) is 18.2 Å². The summed E-state index contributed by atoms with van der Waals surface area (Å²) in [6.07, 6.45) is 4.06. The van der Waals surface area contributed by atoms with Gasteiger partial charge in [-0.3, -0.25) is 9.69 Å². The summed E-state index contributed by atoms with van der Waals surface area (Å²) >= 11 is 0. The van der Waals surface area contributed by atoms with Gasteiger partial charge in [0.1, 0.15) is 0 Å². The maximum absolute atomic E-state index is 11.5. The Bertz CT molecular complexity index is 736. The van der Waals surface area contributed by atoms with Crippen molar-refractivity contribution < 1.29 is 9.90 Å². The summed E-state index contributed by atoms with van der Waals surface area (Å²) in [5.41, 5.74) is 4.37. The van der Waals surface area contributed by atoms with Gasteiger partial charge in [0.05, 0.1) is 5.69 Å². The third-order valence-corrected chi connectivity index (χ3v) is 5.71. The van der Waals surface area contributed by atoms with E-state index in [0.717, 1.165) is 49.8 Å². The van der Waals surface area contributed by atoms with E-state index in [4.69, 9.17) is 0 Å². The fourth-order valence-electron chi connectivity index (χ4n) is 4.79. The first-order valence-electron chi connectivity index (χ1n) is 8.70. The van der Waals surface area contributed by atoms with Gasteiger partial charge in [0.2, 0.25) is 0 Å². The smallest absolute Gasteiger partial charge is 0.166 e. The normalized spacial score (nSPS) is 27.1. The van der Waals surface area contributed by atoms with Crippen molar-refractivity contribution in [2.75, 3.05) is 19.7 Å². The summed E-state index contributed by atoms with van der Waals surface area (Å²) in [5.74, 6) is 0.808. The minimum atomic E-state index is 0.263. The number of aromatic amines is 1. The highest BCUT2D eigenvalue weighted by Gasteiger charge is 2.40. The largest absolute Gasteiger partial charge is 0.396 e. The summed E-state index contributed by atoms with van der Waals surface area (Å²) in [4.78, 5) is 17.3. The Kier molecular flexibility index (Phi) is 3.74. The maximum Gasteiger partial charge on any atom is 0.166 e. The number of aliphatic hydroxyl groups is 1. The molecule has 2 heterocycles. The standard InChI is InChI=1S/C19H24N2O2/c1-2-6-21-9-12(10-22)7-14-13-4-3-5-16-19(13)15(8-18(14)21)17(11-23)20-16/h3-5,11-12,14,18,20,22H,2,6-10H2,1H3/t12-,14?,18-/m1/s1. The third-order valence-electron chi connectivity index (χ3n) is 5.71. The van der Waals surface area contributed by atoms with Gasteiger partial charge >= 0.3 is 0 Å². The van der Waals surface area contributed by atoms with Crippen molar-refractivity contribution in [2.45, 2.75) is 38.1 Å². The Morgan fingerprint density at radius 3 is 3.04 bits per heavy atom. The topological polar surface area (TPSA) is 56.3 Å². The van der Waals surface area contributed by atoms with Crippen LogP contribution in [0.2, 0.25) is 0 Å².